The molecule has 164 valence electrons. The molecule has 0 aliphatic rings. The molecule has 0 unspecified atom stereocenters. The number of carbonyl (C=O) groups is 2. The van der Waals surface area contributed by atoms with Crippen LogP contribution >= 0.6 is 59.4 Å². The van der Waals surface area contributed by atoms with Crippen molar-refractivity contribution in [3.05, 3.63) is 90.2 Å². The normalized spacial score (nSPS) is 10.8. The third kappa shape index (κ3) is 7.16. The summed E-state index contributed by atoms with van der Waals surface area (Å²) in [7, 11) is 0. The van der Waals surface area contributed by atoms with E-state index in [0.29, 0.717) is 26.4 Å². The Morgan fingerprint density at radius 3 is 2.47 bits per heavy atom. The topological polar surface area (TPSA) is 77.0 Å². The highest BCUT2D eigenvalue weighted by molar-refractivity contribution is 9.11. The summed E-state index contributed by atoms with van der Waals surface area (Å²) in [5.41, 5.74) is 3.22. The summed E-state index contributed by atoms with van der Waals surface area (Å²) >= 11 is 15.9. The van der Waals surface area contributed by atoms with Crippen molar-refractivity contribution in [2.24, 2.45) is 5.10 Å². The van der Waals surface area contributed by atoms with E-state index in [9.17, 15) is 9.59 Å². The van der Waals surface area contributed by atoms with Gasteiger partial charge in [0.1, 0.15) is 5.75 Å². The van der Waals surface area contributed by atoms with Gasteiger partial charge in [-0.05, 0) is 70.5 Å². The molecule has 0 saturated heterocycles. The van der Waals surface area contributed by atoms with Crippen LogP contribution in [-0.4, -0.2) is 24.7 Å². The maximum absolute atomic E-state index is 12.6. The number of hydrazone groups is 1. The molecule has 0 heterocycles. The number of nitrogens with one attached hydrogen (secondary N) is 1. The first-order valence-corrected chi connectivity index (χ1v) is 11.7. The van der Waals surface area contributed by atoms with Crippen LogP contribution in [0.2, 0.25) is 5.02 Å². The average molecular weight is 646 g/mol. The van der Waals surface area contributed by atoms with Gasteiger partial charge < -0.3 is 9.47 Å². The van der Waals surface area contributed by atoms with Crippen molar-refractivity contribution in [3.63, 3.8) is 0 Å². The summed E-state index contributed by atoms with van der Waals surface area (Å²) in [5.74, 6) is -0.234. The Bertz CT molecular complexity index is 1170. The quantitative estimate of drug-likeness (QED) is 0.140. The number of hydrogen-bond donors (Lipinski definition) is 1. The second kappa shape index (κ2) is 11.6. The van der Waals surface area contributed by atoms with Gasteiger partial charge in [0, 0.05) is 19.5 Å². The molecule has 32 heavy (non-hydrogen) atoms. The lowest BCUT2D eigenvalue weighted by molar-refractivity contribution is -0.123. The fourth-order valence-corrected chi connectivity index (χ4v) is 4.30. The Morgan fingerprint density at radius 1 is 1.00 bits per heavy atom. The number of carbonyl (C=O) groups excluding carboxylic acids is 2. The van der Waals surface area contributed by atoms with Crippen molar-refractivity contribution >= 4 is 77.5 Å². The number of rotatable bonds is 7. The first kappa shape index (κ1) is 24.4. The molecule has 0 atom stereocenters. The Labute approximate surface area is 214 Å². The minimum absolute atomic E-state index is 0.230. The van der Waals surface area contributed by atoms with E-state index in [2.05, 4.69) is 58.3 Å². The predicted molar refractivity (Wildman–Crippen MR) is 134 cm³/mol. The third-order valence-corrected chi connectivity index (χ3v) is 5.66. The Balaban J connectivity index is 1.67. The van der Waals surface area contributed by atoms with E-state index in [1.165, 1.54) is 6.21 Å². The number of hydrogen-bond acceptors (Lipinski definition) is 5. The molecule has 6 nitrogen and oxygen atoms in total. The van der Waals surface area contributed by atoms with Gasteiger partial charge in [0.25, 0.3) is 5.91 Å². The van der Waals surface area contributed by atoms with Crippen LogP contribution in [0.25, 0.3) is 0 Å². The zero-order valence-corrected chi connectivity index (χ0v) is 21.7. The second-order valence-electron chi connectivity index (χ2n) is 6.24. The number of esters is 1. The predicted octanol–water partition coefficient (Wildman–Crippen LogP) is 6.38. The van der Waals surface area contributed by atoms with Crippen LogP contribution in [0, 0.1) is 0 Å². The van der Waals surface area contributed by atoms with E-state index >= 15 is 0 Å². The third-order valence-electron chi connectivity index (χ3n) is 3.87. The molecule has 3 aromatic carbocycles. The lowest BCUT2D eigenvalue weighted by atomic mass is 10.2. The molecule has 1 amide bonds. The highest BCUT2D eigenvalue weighted by Crippen LogP contribution is 2.33. The maximum atomic E-state index is 12.6. The van der Waals surface area contributed by atoms with Gasteiger partial charge >= 0.3 is 5.97 Å². The van der Waals surface area contributed by atoms with Gasteiger partial charge in [0.15, 0.2) is 12.4 Å². The maximum Gasteiger partial charge on any atom is 0.343 e. The molecule has 3 rings (SSSR count). The molecule has 10 heteroatoms. The number of nitrogens with zero attached hydrogens (tertiary/aromatic N) is 1. The van der Waals surface area contributed by atoms with Gasteiger partial charge in [-0.15, -0.1) is 0 Å². The average Bonchev–Trinajstić information content (AvgIpc) is 2.75. The summed E-state index contributed by atoms with van der Waals surface area (Å²) in [5, 5.41) is 4.51. The standard InChI is InChI=1S/C22H14Br3ClN2O4/c23-15-3-1-2-13(8-15)22(30)32-21-14(9-16(24)10-19(21)25)11-27-28-20(29)12-31-18-6-4-17(26)5-7-18/h1-11H,12H2,(H,28,29). The van der Waals surface area contributed by atoms with Crippen LogP contribution in [0.5, 0.6) is 11.5 Å². The lowest BCUT2D eigenvalue weighted by Crippen LogP contribution is -2.24. The van der Waals surface area contributed by atoms with Gasteiger partial charge in [0.2, 0.25) is 0 Å². The van der Waals surface area contributed by atoms with Crippen LogP contribution in [0.4, 0.5) is 0 Å². The second-order valence-corrected chi connectivity index (χ2v) is 9.36. The number of benzene rings is 3. The molecule has 0 saturated carbocycles. The largest absolute Gasteiger partial charge is 0.484 e. The molecule has 0 fully saturated rings. The first-order chi connectivity index (χ1) is 15.3. The van der Waals surface area contributed by atoms with E-state index in [4.69, 9.17) is 21.1 Å². The van der Waals surface area contributed by atoms with Gasteiger partial charge in [-0.2, -0.15) is 5.10 Å². The van der Waals surface area contributed by atoms with Crippen molar-refractivity contribution in [2.75, 3.05) is 6.61 Å². The fourth-order valence-electron chi connectivity index (χ4n) is 2.44. The van der Waals surface area contributed by atoms with Gasteiger partial charge in [0.05, 0.1) is 16.3 Å². The van der Waals surface area contributed by atoms with Gasteiger partial charge in [-0.25, -0.2) is 10.2 Å². The van der Waals surface area contributed by atoms with Gasteiger partial charge in [-0.3, -0.25) is 4.79 Å². The monoisotopic (exact) mass is 642 g/mol. The summed E-state index contributed by atoms with van der Waals surface area (Å²) < 4.78 is 13.0. The zero-order chi connectivity index (χ0) is 23.1. The van der Waals surface area contributed by atoms with Gasteiger partial charge in [-0.1, -0.05) is 49.5 Å². The molecule has 0 bridgehead atoms. The van der Waals surface area contributed by atoms with Crippen LogP contribution in [0.1, 0.15) is 15.9 Å². The van der Waals surface area contributed by atoms with E-state index in [-0.39, 0.29) is 12.4 Å². The summed E-state index contributed by atoms with van der Waals surface area (Å²) in [6.07, 6.45) is 1.37. The number of ether oxygens (including phenoxy) is 2. The summed E-state index contributed by atoms with van der Waals surface area (Å²) in [6, 6.07) is 16.9. The molecule has 0 radical (unpaired) electrons. The van der Waals surface area contributed by atoms with Crippen molar-refractivity contribution in [2.45, 2.75) is 0 Å². The van der Waals surface area contributed by atoms with Crippen molar-refractivity contribution in [1.82, 2.24) is 5.43 Å². The van der Waals surface area contributed by atoms with Crippen LogP contribution in [-0.2, 0) is 4.79 Å². The van der Waals surface area contributed by atoms with Crippen molar-refractivity contribution in [1.29, 1.82) is 0 Å². The molecule has 0 aromatic heterocycles. The highest BCUT2D eigenvalue weighted by atomic mass is 79.9. The van der Waals surface area contributed by atoms with Crippen LogP contribution in [0.3, 0.4) is 0 Å². The molecule has 1 N–H and O–H groups in total. The molecular formula is C22H14Br3ClN2O4. The molecule has 3 aromatic rings. The molecule has 0 aliphatic carbocycles. The number of halogens is 4. The minimum atomic E-state index is -0.538. The smallest absolute Gasteiger partial charge is 0.343 e. The molecule has 0 spiro atoms. The number of amides is 1. The van der Waals surface area contributed by atoms with Crippen LogP contribution < -0.4 is 14.9 Å². The lowest BCUT2D eigenvalue weighted by Gasteiger charge is -2.11. The Hall–Kier alpha value is -2.20. The summed E-state index contributed by atoms with van der Waals surface area (Å²) in [6.45, 7) is -0.230. The van der Waals surface area contributed by atoms with Crippen molar-refractivity contribution < 1.29 is 19.1 Å². The zero-order valence-electron chi connectivity index (χ0n) is 16.2. The fraction of sp³-hybridized carbons (Fsp3) is 0.0455. The Kier molecular flexibility index (Phi) is 8.86. The summed E-state index contributed by atoms with van der Waals surface area (Å²) in [4.78, 5) is 24.6. The Morgan fingerprint density at radius 2 is 1.75 bits per heavy atom. The van der Waals surface area contributed by atoms with E-state index in [1.54, 1.807) is 54.6 Å². The van der Waals surface area contributed by atoms with E-state index in [0.717, 1.165) is 8.95 Å². The SMILES string of the molecule is O=C(COc1ccc(Cl)cc1)NN=Cc1cc(Br)cc(Br)c1OC(=O)c1cccc(Br)c1. The van der Waals surface area contributed by atoms with E-state index in [1.807, 2.05) is 6.07 Å². The minimum Gasteiger partial charge on any atom is -0.484 e. The highest BCUT2D eigenvalue weighted by Gasteiger charge is 2.15. The van der Waals surface area contributed by atoms with E-state index < -0.39 is 11.9 Å². The van der Waals surface area contributed by atoms with Crippen molar-refractivity contribution in [3.8, 4) is 11.5 Å². The molecular weight excluding hydrogens is 631 g/mol. The molecule has 0 aliphatic heterocycles. The first-order valence-electron chi connectivity index (χ1n) is 8.99. The van der Waals surface area contributed by atoms with Crippen LogP contribution in [0.15, 0.2) is 79.2 Å².